The van der Waals surface area contributed by atoms with E-state index in [0.717, 1.165) is 4.57 Å². The lowest BCUT2D eigenvalue weighted by atomic mass is 10.1. The van der Waals surface area contributed by atoms with Crippen molar-refractivity contribution >= 4 is 0 Å². The van der Waals surface area contributed by atoms with Crippen LogP contribution < -0.4 is 11.2 Å². The van der Waals surface area contributed by atoms with Crippen LogP contribution in [0.1, 0.15) is 22.4 Å². The van der Waals surface area contributed by atoms with Crippen molar-refractivity contribution in [3.05, 3.63) is 98.0 Å². The summed E-state index contributed by atoms with van der Waals surface area (Å²) in [5.41, 5.74) is 1.32. The molecule has 9 heteroatoms. The molecule has 0 radical (unpaired) electrons. The number of nitriles is 2. The van der Waals surface area contributed by atoms with Gasteiger partial charge < -0.3 is 0 Å². The van der Waals surface area contributed by atoms with Gasteiger partial charge in [-0.05, 0) is 48.9 Å². The SMILES string of the molecule is Cc1c(-c2c(C#N)cnn2-c2ccc(C#N)cc2)c(=O)n(C)c(=O)n1-c1cccc(CF)c1. The van der Waals surface area contributed by atoms with E-state index in [1.165, 1.54) is 28.6 Å². The zero-order valence-corrected chi connectivity index (χ0v) is 17.8. The molecule has 0 N–H and O–H groups in total. The number of rotatable bonds is 4. The minimum atomic E-state index is -0.704. The summed E-state index contributed by atoms with van der Waals surface area (Å²) in [4.78, 5) is 26.3. The maximum atomic E-state index is 13.3. The standard InChI is InChI=1S/C24H17FN6O2/c1-15-21(22-18(13-27)14-28-31(22)19-8-6-16(12-26)7-9-19)23(32)29(2)24(33)30(15)20-5-3-4-17(10-20)11-25/h3-10,14H,11H2,1-2H3. The van der Waals surface area contributed by atoms with Crippen molar-refractivity contribution in [2.45, 2.75) is 13.6 Å². The second kappa shape index (κ2) is 8.40. The van der Waals surface area contributed by atoms with Crippen molar-refractivity contribution in [1.82, 2.24) is 18.9 Å². The van der Waals surface area contributed by atoms with Crippen LogP contribution in [-0.4, -0.2) is 18.9 Å². The quantitative estimate of drug-likeness (QED) is 0.485. The van der Waals surface area contributed by atoms with Crippen molar-refractivity contribution < 1.29 is 4.39 Å². The Morgan fingerprint density at radius 1 is 1.03 bits per heavy atom. The predicted molar refractivity (Wildman–Crippen MR) is 119 cm³/mol. The van der Waals surface area contributed by atoms with E-state index in [9.17, 15) is 19.2 Å². The van der Waals surface area contributed by atoms with Gasteiger partial charge in [-0.15, -0.1) is 0 Å². The van der Waals surface area contributed by atoms with Crippen LogP contribution in [-0.2, 0) is 13.7 Å². The average molecular weight is 440 g/mol. The molecule has 8 nitrogen and oxygen atoms in total. The maximum Gasteiger partial charge on any atom is 0.335 e. The van der Waals surface area contributed by atoms with Gasteiger partial charge in [0.2, 0.25) is 0 Å². The number of benzene rings is 2. The van der Waals surface area contributed by atoms with Gasteiger partial charge in [-0.1, -0.05) is 12.1 Å². The molecule has 2 heterocycles. The first-order chi connectivity index (χ1) is 15.9. The van der Waals surface area contributed by atoms with Gasteiger partial charge in [-0.25, -0.2) is 13.9 Å². The third-order valence-electron chi connectivity index (χ3n) is 5.38. The van der Waals surface area contributed by atoms with E-state index in [4.69, 9.17) is 5.26 Å². The van der Waals surface area contributed by atoms with E-state index < -0.39 is 17.9 Å². The van der Waals surface area contributed by atoms with Crippen LogP contribution in [0.5, 0.6) is 0 Å². The average Bonchev–Trinajstić information content (AvgIpc) is 3.26. The molecule has 0 fully saturated rings. The van der Waals surface area contributed by atoms with E-state index in [1.807, 2.05) is 6.07 Å². The molecule has 0 bridgehead atoms. The first-order valence-electron chi connectivity index (χ1n) is 9.88. The minimum absolute atomic E-state index is 0.112. The highest BCUT2D eigenvalue weighted by molar-refractivity contribution is 5.70. The van der Waals surface area contributed by atoms with E-state index in [2.05, 4.69) is 11.2 Å². The van der Waals surface area contributed by atoms with Gasteiger partial charge in [0.05, 0.1) is 46.0 Å². The van der Waals surface area contributed by atoms with Crippen molar-refractivity contribution in [3.63, 3.8) is 0 Å². The van der Waals surface area contributed by atoms with Gasteiger partial charge in [-0.3, -0.25) is 13.9 Å². The van der Waals surface area contributed by atoms with Crippen molar-refractivity contribution in [2.24, 2.45) is 7.05 Å². The fourth-order valence-corrected chi connectivity index (χ4v) is 3.71. The monoisotopic (exact) mass is 440 g/mol. The summed E-state index contributed by atoms with van der Waals surface area (Å²) in [6.07, 6.45) is 1.34. The van der Waals surface area contributed by atoms with Gasteiger partial charge in [0, 0.05) is 12.7 Å². The summed E-state index contributed by atoms with van der Waals surface area (Å²) >= 11 is 0. The summed E-state index contributed by atoms with van der Waals surface area (Å²) in [6, 6.07) is 17.0. The Bertz CT molecular complexity index is 1580. The minimum Gasteiger partial charge on any atom is -0.268 e. The summed E-state index contributed by atoms with van der Waals surface area (Å²) in [7, 11) is 1.34. The van der Waals surface area contributed by atoms with Crippen molar-refractivity contribution in [3.8, 4) is 34.8 Å². The smallest absolute Gasteiger partial charge is 0.268 e. The summed E-state index contributed by atoms with van der Waals surface area (Å²) in [6.45, 7) is 0.891. The lowest BCUT2D eigenvalue weighted by Gasteiger charge is -2.17. The van der Waals surface area contributed by atoms with Gasteiger partial charge in [-0.2, -0.15) is 15.6 Å². The van der Waals surface area contributed by atoms with Crippen LogP contribution in [0.4, 0.5) is 4.39 Å². The third kappa shape index (κ3) is 3.52. The molecule has 0 saturated carbocycles. The predicted octanol–water partition coefficient (Wildman–Crippen LogP) is 2.91. The lowest BCUT2D eigenvalue weighted by molar-refractivity contribution is 0.485. The molecule has 4 aromatic rings. The Morgan fingerprint density at radius 2 is 1.76 bits per heavy atom. The zero-order chi connectivity index (χ0) is 23.7. The van der Waals surface area contributed by atoms with E-state index in [0.29, 0.717) is 22.5 Å². The molecule has 0 amide bonds. The fraction of sp³-hybridized carbons (Fsp3) is 0.125. The number of hydrogen-bond acceptors (Lipinski definition) is 5. The van der Waals surface area contributed by atoms with E-state index in [1.54, 1.807) is 49.4 Å². The van der Waals surface area contributed by atoms with Crippen molar-refractivity contribution in [1.29, 1.82) is 10.5 Å². The molecule has 2 aromatic heterocycles. The normalized spacial score (nSPS) is 10.6. The number of alkyl halides is 1. The molecule has 0 aliphatic rings. The summed E-state index contributed by atoms with van der Waals surface area (Å²) in [5.74, 6) is 0. The molecule has 0 atom stereocenters. The molecule has 4 rings (SSSR count). The van der Waals surface area contributed by atoms with Crippen LogP contribution in [0.25, 0.3) is 22.6 Å². The van der Waals surface area contributed by atoms with Gasteiger partial charge in [0.15, 0.2) is 0 Å². The van der Waals surface area contributed by atoms with Crippen LogP contribution in [0, 0.1) is 29.6 Å². The largest absolute Gasteiger partial charge is 0.335 e. The number of hydrogen-bond donors (Lipinski definition) is 0. The molecule has 0 saturated heterocycles. The highest BCUT2D eigenvalue weighted by Gasteiger charge is 2.24. The number of aromatic nitrogens is 4. The molecule has 0 spiro atoms. The zero-order valence-electron chi connectivity index (χ0n) is 17.8. The molecule has 0 aliphatic heterocycles. The highest BCUT2D eigenvalue weighted by Crippen LogP contribution is 2.27. The fourth-order valence-electron chi connectivity index (χ4n) is 3.71. The second-order valence-electron chi connectivity index (χ2n) is 7.34. The van der Waals surface area contributed by atoms with Crippen LogP contribution >= 0.6 is 0 Å². The summed E-state index contributed by atoms with van der Waals surface area (Å²) < 4.78 is 16.9. The summed E-state index contributed by atoms with van der Waals surface area (Å²) in [5, 5.41) is 23.1. The highest BCUT2D eigenvalue weighted by atomic mass is 19.1. The number of nitrogens with zero attached hydrogens (tertiary/aromatic N) is 6. The Hall–Kier alpha value is -4.76. The Kier molecular flexibility index (Phi) is 5.47. The van der Waals surface area contributed by atoms with Gasteiger partial charge in [0.25, 0.3) is 5.56 Å². The van der Waals surface area contributed by atoms with E-state index >= 15 is 0 Å². The Morgan fingerprint density at radius 3 is 2.39 bits per heavy atom. The molecular formula is C24H17FN6O2. The number of halogens is 1. The first-order valence-corrected chi connectivity index (χ1v) is 9.88. The second-order valence-corrected chi connectivity index (χ2v) is 7.34. The van der Waals surface area contributed by atoms with Crippen LogP contribution in [0.15, 0.2) is 64.3 Å². The molecule has 0 aliphatic carbocycles. The molecule has 2 aromatic carbocycles. The van der Waals surface area contributed by atoms with E-state index in [-0.39, 0.29) is 22.5 Å². The topological polar surface area (TPSA) is 109 Å². The lowest BCUT2D eigenvalue weighted by Crippen LogP contribution is -2.40. The van der Waals surface area contributed by atoms with Crippen LogP contribution in [0.2, 0.25) is 0 Å². The first kappa shape index (κ1) is 21.5. The Balaban J connectivity index is 2.07. The molecule has 0 unspecified atom stereocenters. The van der Waals surface area contributed by atoms with Gasteiger partial charge in [0.1, 0.15) is 12.7 Å². The molecular weight excluding hydrogens is 423 g/mol. The molecule has 162 valence electrons. The van der Waals surface area contributed by atoms with Crippen LogP contribution in [0.3, 0.4) is 0 Å². The Labute approximate surface area is 187 Å². The van der Waals surface area contributed by atoms with Crippen molar-refractivity contribution in [2.75, 3.05) is 0 Å². The third-order valence-corrected chi connectivity index (χ3v) is 5.38. The van der Waals surface area contributed by atoms with Gasteiger partial charge >= 0.3 is 5.69 Å². The molecule has 33 heavy (non-hydrogen) atoms. The maximum absolute atomic E-state index is 13.3.